The van der Waals surface area contributed by atoms with Gasteiger partial charge in [0.2, 0.25) is 0 Å². The van der Waals surface area contributed by atoms with Crippen LogP contribution in [0.3, 0.4) is 0 Å². The zero-order valence-electron chi connectivity index (χ0n) is 15.0. The number of hydrogen-bond donors (Lipinski definition) is 2. The number of aromatic nitrogens is 4. The van der Waals surface area contributed by atoms with E-state index in [1.807, 2.05) is 6.92 Å². The van der Waals surface area contributed by atoms with Gasteiger partial charge in [0, 0.05) is 12.2 Å². The van der Waals surface area contributed by atoms with E-state index in [9.17, 15) is 27.6 Å². The summed E-state index contributed by atoms with van der Waals surface area (Å²) in [7, 11) is 0. The number of unbranched alkanes of at least 4 members (excludes halogenated alkanes) is 1. The van der Waals surface area contributed by atoms with Gasteiger partial charge < -0.3 is 5.32 Å². The Bertz CT molecular complexity index is 1200. The van der Waals surface area contributed by atoms with Crippen LogP contribution < -0.4 is 16.6 Å². The van der Waals surface area contributed by atoms with Gasteiger partial charge in [0.1, 0.15) is 0 Å². The molecule has 0 aliphatic carbocycles. The number of nitrogens with zero attached hydrogens (tertiary/aromatic N) is 3. The molecule has 0 atom stereocenters. The maximum Gasteiger partial charge on any atom is 0.471 e. The van der Waals surface area contributed by atoms with Gasteiger partial charge in [0.15, 0.2) is 11.2 Å². The minimum Gasteiger partial charge on any atom is -0.318 e. The predicted octanol–water partition coefficient (Wildman–Crippen LogP) is 2.24. The molecule has 148 valence electrons. The highest BCUT2D eigenvalue weighted by atomic mass is 19.4. The lowest BCUT2D eigenvalue weighted by Gasteiger charge is -2.11. The molecule has 3 rings (SSSR count). The summed E-state index contributed by atoms with van der Waals surface area (Å²) in [5.41, 5.74) is -0.761. The van der Waals surface area contributed by atoms with Crippen LogP contribution in [-0.4, -0.2) is 31.6 Å². The molecule has 0 bridgehead atoms. The van der Waals surface area contributed by atoms with E-state index in [1.165, 1.54) is 19.1 Å². The first-order valence-corrected chi connectivity index (χ1v) is 8.45. The van der Waals surface area contributed by atoms with E-state index in [2.05, 4.69) is 15.0 Å². The van der Waals surface area contributed by atoms with Crippen molar-refractivity contribution in [3.05, 3.63) is 38.5 Å². The number of carbonyl (C=O) groups excluding carboxylic acids is 1. The number of anilines is 1. The van der Waals surface area contributed by atoms with Gasteiger partial charge in [-0.15, -0.1) is 0 Å². The second kappa shape index (κ2) is 7.06. The molecule has 0 radical (unpaired) electrons. The average molecular weight is 395 g/mol. The molecule has 0 saturated heterocycles. The minimum absolute atomic E-state index is 0.0466. The molecule has 2 N–H and O–H groups in total. The highest BCUT2D eigenvalue weighted by Crippen LogP contribution is 2.24. The zero-order chi connectivity index (χ0) is 20.6. The van der Waals surface area contributed by atoms with Gasteiger partial charge in [-0.3, -0.25) is 19.1 Å². The van der Waals surface area contributed by atoms with Gasteiger partial charge in [-0.1, -0.05) is 13.3 Å². The SMILES string of the molecule is CCCCn1c(=O)[nH]c2nc3cc(NC(=O)C(F)(F)F)c(C)cc3nc2c1=O. The average Bonchev–Trinajstić information content (AvgIpc) is 2.60. The smallest absolute Gasteiger partial charge is 0.318 e. The third-order valence-electron chi connectivity index (χ3n) is 4.17. The molecule has 0 aliphatic rings. The van der Waals surface area contributed by atoms with E-state index in [0.29, 0.717) is 12.0 Å². The highest BCUT2D eigenvalue weighted by molar-refractivity contribution is 5.98. The molecule has 28 heavy (non-hydrogen) atoms. The third kappa shape index (κ3) is 3.59. The molecule has 1 amide bonds. The Kier molecular flexibility index (Phi) is 4.92. The molecular formula is C17H16F3N5O3. The molecule has 2 aromatic heterocycles. The first-order chi connectivity index (χ1) is 13.1. The van der Waals surface area contributed by atoms with Crippen LogP contribution in [0.5, 0.6) is 0 Å². The first kappa shape index (κ1) is 19.5. The first-order valence-electron chi connectivity index (χ1n) is 8.45. The van der Waals surface area contributed by atoms with Crippen molar-refractivity contribution in [1.82, 2.24) is 19.5 Å². The summed E-state index contributed by atoms with van der Waals surface area (Å²) >= 11 is 0. The van der Waals surface area contributed by atoms with Crippen molar-refractivity contribution in [2.75, 3.05) is 5.32 Å². The fraction of sp³-hybridized carbons (Fsp3) is 0.353. The monoisotopic (exact) mass is 395 g/mol. The quantitative estimate of drug-likeness (QED) is 0.659. The van der Waals surface area contributed by atoms with Gasteiger partial charge in [0.25, 0.3) is 5.56 Å². The van der Waals surface area contributed by atoms with Crippen molar-refractivity contribution in [3.8, 4) is 0 Å². The number of fused-ring (bicyclic) bond motifs is 2. The van der Waals surface area contributed by atoms with Crippen molar-refractivity contribution in [3.63, 3.8) is 0 Å². The highest BCUT2D eigenvalue weighted by Gasteiger charge is 2.38. The Hall–Kier alpha value is -3.24. The summed E-state index contributed by atoms with van der Waals surface area (Å²) in [5, 5.41) is 1.78. The van der Waals surface area contributed by atoms with Crippen LogP contribution in [0.15, 0.2) is 21.7 Å². The number of hydrogen-bond acceptors (Lipinski definition) is 5. The normalized spacial score (nSPS) is 11.9. The molecule has 0 saturated carbocycles. The fourth-order valence-electron chi connectivity index (χ4n) is 2.68. The van der Waals surface area contributed by atoms with Crippen molar-refractivity contribution in [2.24, 2.45) is 0 Å². The summed E-state index contributed by atoms with van der Waals surface area (Å²) < 4.78 is 38.5. The number of aromatic amines is 1. The number of carbonyl (C=O) groups is 1. The van der Waals surface area contributed by atoms with Crippen molar-refractivity contribution < 1.29 is 18.0 Å². The number of alkyl halides is 3. The second-order valence-electron chi connectivity index (χ2n) is 6.27. The number of benzene rings is 1. The van der Waals surface area contributed by atoms with Gasteiger partial charge in [-0.25, -0.2) is 14.8 Å². The molecule has 3 aromatic rings. The number of H-pyrrole nitrogens is 1. The van der Waals surface area contributed by atoms with E-state index < -0.39 is 23.3 Å². The predicted molar refractivity (Wildman–Crippen MR) is 96.3 cm³/mol. The van der Waals surface area contributed by atoms with Crippen LogP contribution in [0.1, 0.15) is 25.3 Å². The van der Waals surface area contributed by atoms with E-state index in [4.69, 9.17) is 0 Å². The molecular weight excluding hydrogens is 379 g/mol. The number of nitrogens with one attached hydrogen (secondary N) is 2. The van der Waals surface area contributed by atoms with Gasteiger partial charge in [-0.2, -0.15) is 13.2 Å². The Morgan fingerprint density at radius 3 is 2.54 bits per heavy atom. The topological polar surface area (TPSA) is 110 Å². The second-order valence-corrected chi connectivity index (χ2v) is 6.27. The molecule has 0 unspecified atom stereocenters. The molecule has 0 aliphatic heterocycles. The molecule has 11 heteroatoms. The Morgan fingerprint density at radius 1 is 1.21 bits per heavy atom. The number of amides is 1. The van der Waals surface area contributed by atoms with Gasteiger partial charge in [-0.05, 0) is 31.0 Å². The van der Waals surface area contributed by atoms with Crippen molar-refractivity contribution in [2.45, 2.75) is 39.4 Å². The standard InChI is InChI=1S/C17H16F3N5O3/c1-3-4-5-25-14(26)12-13(24-16(25)28)22-11-7-9(8(2)6-10(11)21-12)23-15(27)17(18,19)20/h6-7H,3-5H2,1-2H3,(H,23,27)(H,22,24,28). The lowest BCUT2D eigenvalue weighted by atomic mass is 10.1. The van der Waals surface area contributed by atoms with Crippen LogP contribution in [-0.2, 0) is 11.3 Å². The van der Waals surface area contributed by atoms with E-state index in [0.717, 1.165) is 11.0 Å². The van der Waals surface area contributed by atoms with Crippen LogP contribution in [0, 0.1) is 6.92 Å². The molecule has 0 spiro atoms. The zero-order valence-corrected chi connectivity index (χ0v) is 15.0. The Labute approximate surface area is 155 Å². The molecule has 8 nitrogen and oxygen atoms in total. The lowest BCUT2D eigenvalue weighted by molar-refractivity contribution is -0.167. The summed E-state index contributed by atoms with van der Waals surface area (Å²) in [6.45, 7) is 3.65. The molecule has 1 aromatic carbocycles. The number of aryl methyl sites for hydroxylation is 1. The van der Waals surface area contributed by atoms with Crippen LogP contribution in [0.2, 0.25) is 0 Å². The summed E-state index contributed by atoms with van der Waals surface area (Å²) in [4.78, 5) is 46.7. The third-order valence-corrected chi connectivity index (χ3v) is 4.17. The van der Waals surface area contributed by atoms with E-state index in [1.54, 1.807) is 5.32 Å². The van der Waals surface area contributed by atoms with Crippen molar-refractivity contribution >= 4 is 33.8 Å². The maximum absolute atomic E-state index is 12.6. The maximum atomic E-state index is 12.6. The lowest BCUT2D eigenvalue weighted by Crippen LogP contribution is -2.35. The molecule has 2 heterocycles. The van der Waals surface area contributed by atoms with E-state index >= 15 is 0 Å². The van der Waals surface area contributed by atoms with Crippen molar-refractivity contribution in [1.29, 1.82) is 0 Å². The summed E-state index contributed by atoms with van der Waals surface area (Å²) in [6, 6.07) is 2.62. The van der Waals surface area contributed by atoms with Crippen LogP contribution in [0.25, 0.3) is 22.2 Å². The Morgan fingerprint density at radius 2 is 1.89 bits per heavy atom. The van der Waals surface area contributed by atoms with Crippen LogP contribution in [0.4, 0.5) is 18.9 Å². The van der Waals surface area contributed by atoms with Gasteiger partial charge in [0.05, 0.1) is 11.0 Å². The van der Waals surface area contributed by atoms with Crippen LogP contribution >= 0.6 is 0 Å². The summed E-state index contributed by atoms with van der Waals surface area (Å²) in [6.07, 6.45) is -3.61. The number of rotatable bonds is 4. The fourth-order valence-corrected chi connectivity index (χ4v) is 2.68. The largest absolute Gasteiger partial charge is 0.471 e. The summed E-state index contributed by atoms with van der Waals surface area (Å²) in [5.74, 6) is -2.11. The van der Waals surface area contributed by atoms with Gasteiger partial charge >= 0.3 is 17.8 Å². The van der Waals surface area contributed by atoms with E-state index in [-0.39, 0.29) is 34.4 Å². The Balaban J connectivity index is 2.15. The minimum atomic E-state index is -5.04. The molecule has 0 fully saturated rings. The number of halogens is 3.